The van der Waals surface area contributed by atoms with Crippen LogP contribution in [0.25, 0.3) is 0 Å². The van der Waals surface area contributed by atoms with Gasteiger partial charge in [-0.3, -0.25) is 9.69 Å². The number of hydrogen-bond acceptors (Lipinski definition) is 4. The van der Waals surface area contributed by atoms with Crippen molar-refractivity contribution >= 4 is 17.5 Å². The van der Waals surface area contributed by atoms with Gasteiger partial charge in [-0.15, -0.1) is 0 Å². The number of rotatable bonds is 6. The minimum absolute atomic E-state index is 0.164. The lowest BCUT2D eigenvalue weighted by Crippen LogP contribution is -2.48. The molecule has 1 aliphatic rings. The number of aromatic nitrogens is 2. The Hall–Kier alpha value is -2.97. The average Bonchev–Trinajstić information content (AvgIpc) is 3.25. The molecule has 4 rings (SSSR count). The first-order valence-corrected chi connectivity index (χ1v) is 10.7. The molecule has 0 radical (unpaired) electrons. The van der Waals surface area contributed by atoms with Crippen molar-refractivity contribution in [3.8, 4) is 5.75 Å². The van der Waals surface area contributed by atoms with Crippen LogP contribution in [-0.4, -0.2) is 51.7 Å². The number of nitrogens with zero attached hydrogens (tertiary/aromatic N) is 4. The Labute approximate surface area is 189 Å². The minimum atomic E-state index is -0.845. The molecule has 2 heterocycles. The molecule has 2 aromatic carbocycles. The maximum absolute atomic E-state index is 13.9. The van der Waals surface area contributed by atoms with Crippen LogP contribution in [0.4, 0.5) is 8.78 Å². The van der Waals surface area contributed by atoms with Crippen LogP contribution in [-0.2, 0) is 13.3 Å². The normalized spacial score (nSPS) is 14.6. The van der Waals surface area contributed by atoms with Gasteiger partial charge in [0.2, 0.25) is 0 Å². The molecule has 1 aromatic heterocycles. The number of carbonyl (C=O) groups is 1. The molecule has 0 spiro atoms. The van der Waals surface area contributed by atoms with E-state index in [4.69, 9.17) is 16.3 Å². The van der Waals surface area contributed by atoms with Crippen LogP contribution < -0.4 is 4.74 Å². The Bertz CT molecular complexity index is 1110. The lowest BCUT2D eigenvalue weighted by atomic mass is 10.1. The zero-order chi connectivity index (χ0) is 22.7. The van der Waals surface area contributed by atoms with Crippen molar-refractivity contribution in [1.29, 1.82) is 0 Å². The van der Waals surface area contributed by atoms with Gasteiger partial charge >= 0.3 is 0 Å². The first-order valence-electron chi connectivity index (χ1n) is 10.3. The molecular formula is C23H23ClF2N4O2. The second kappa shape index (κ2) is 9.67. The lowest BCUT2D eigenvalue weighted by molar-refractivity contribution is 0.0619. The molecule has 6 nitrogen and oxygen atoms in total. The molecule has 1 amide bonds. The zero-order valence-electron chi connectivity index (χ0n) is 17.6. The van der Waals surface area contributed by atoms with Crippen molar-refractivity contribution in [2.75, 3.05) is 26.2 Å². The van der Waals surface area contributed by atoms with Crippen LogP contribution in [0.15, 0.2) is 48.7 Å². The van der Waals surface area contributed by atoms with E-state index in [-0.39, 0.29) is 12.6 Å². The van der Waals surface area contributed by atoms with Crippen molar-refractivity contribution in [2.45, 2.75) is 20.2 Å². The van der Waals surface area contributed by atoms with E-state index in [0.717, 1.165) is 11.6 Å². The van der Waals surface area contributed by atoms with E-state index < -0.39 is 11.6 Å². The number of amides is 1. The van der Waals surface area contributed by atoms with E-state index in [0.29, 0.717) is 54.8 Å². The second-order valence-electron chi connectivity index (χ2n) is 7.70. The summed E-state index contributed by atoms with van der Waals surface area (Å²) in [6, 6.07) is 11.2. The van der Waals surface area contributed by atoms with E-state index in [2.05, 4.69) is 5.10 Å². The van der Waals surface area contributed by atoms with Gasteiger partial charge in [0.25, 0.3) is 5.91 Å². The Kier molecular flexibility index (Phi) is 6.72. The van der Waals surface area contributed by atoms with Gasteiger partial charge in [-0.1, -0.05) is 23.7 Å². The number of halogens is 3. The van der Waals surface area contributed by atoms with Crippen LogP contribution in [0.5, 0.6) is 5.75 Å². The predicted molar refractivity (Wildman–Crippen MR) is 117 cm³/mol. The Morgan fingerprint density at radius 2 is 1.91 bits per heavy atom. The summed E-state index contributed by atoms with van der Waals surface area (Å²) < 4.78 is 34.6. The highest BCUT2D eigenvalue weighted by Crippen LogP contribution is 2.22. The molecular weight excluding hydrogens is 438 g/mol. The number of benzene rings is 2. The molecule has 0 bridgehead atoms. The summed E-state index contributed by atoms with van der Waals surface area (Å²) in [6.07, 6.45) is 1.70. The highest BCUT2D eigenvalue weighted by molar-refractivity contribution is 6.30. The maximum atomic E-state index is 13.9. The lowest BCUT2D eigenvalue weighted by Gasteiger charge is -2.34. The largest absolute Gasteiger partial charge is 0.471 e. The number of aryl methyl sites for hydroxylation is 1. The van der Waals surface area contributed by atoms with Gasteiger partial charge in [0, 0.05) is 49.5 Å². The summed E-state index contributed by atoms with van der Waals surface area (Å²) >= 11 is 5.96. The molecule has 0 N–H and O–H groups in total. The summed E-state index contributed by atoms with van der Waals surface area (Å²) in [4.78, 5) is 16.5. The van der Waals surface area contributed by atoms with Gasteiger partial charge in [0.15, 0.2) is 24.1 Å². The van der Waals surface area contributed by atoms with Crippen molar-refractivity contribution in [3.63, 3.8) is 0 Å². The molecule has 0 saturated carbocycles. The van der Waals surface area contributed by atoms with Crippen LogP contribution in [0.1, 0.15) is 21.6 Å². The van der Waals surface area contributed by atoms with Gasteiger partial charge in [-0.25, -0.2) is 13.5 Å². The number of carbonyl (C=O) groups excluding carboxylic acids is 1. The molecule has 1 saturated heterocycles. The van der Waals surface area contributed by atoms with Crippen molar-refractivity contribution in [3.05, 3.63) is 82.1 Å². The SMILES string of the molecule is Cc1cc(Cl)ccc1OCn1ccc(C(=O)N2CCN(Cc3cccc(F)c3F)CC2)n1. The summed E-state index contributed by atoms with van der Waals surface area (Å²) in [6.45, 7) is 4.50. The third-order valence-electron chi connectivity index (χ3n) is 5.43. The van der Waals surface area contributed by atoms with Crippen molar-refractivity contribution in [2.24, 2.45) is 0 Å². The first kappa shape index (κ1) is 22.2. The molecule has 168 valence electrons. The van der Waals surface area contributed by atoms with E-state index in [1.165, 1.54) is 6.07 Å². The third kappa shape index (κ3) is 5.08. The van der Waals surface area contributed by atoms with E-state index in [1.807, 2.05) is 17.9 Å². The monoisotopic (exact) mass is 460 g/mol. The molecule has 3 aromatic rings. The molecule has 32 heavy (non-hydrogen) atoms. The molecule has 0 unspecified atom stereocenters. The number of hydrogen-bond donors (Lipinski definition) is 0. The highest BCUT2D eigenvalue weighted by Gasteiger charge is 2.24. The summed E-state index contributed by atoms with van der Waals surface area (Å²) in [5.41, 5.74) is 1.57. The standard InChI is InChI=1S/C23H23ClF2N4O2/c1-16-13-18(24)5-6-21(16)32-15-30-8-7-20(27-30)23(31)29-11-9-28(10-12-29)14-17-3-2-4-19(25)22(17)26/h2-8,13H,9-12,14-15H2,1H3. The summed E-state index contributed by atoms with van der Waals surface area (Å²) in [7, 11) is 0. The first-order chi connectivity index (χ1) is 15.4. The van der Waals surface area contributed by atoms with Gasteiger partial charge < -0.3 is 9.64 Å². The number of ether oxygens (including phenoxy) is 1. The maximum Gasteiger partial charge on any atom is 0.274 e. The third-order valence-corrected chi connectivity index (χ3v) is 5.67. The van der Waals surface area contributed by atoms with Crippen LogP contribution >= 0.6 is 11.6 Å². The quantitative estimate of drug-likeness (QED) is 0.555. The van der Waals surface area contributed by atoms with Crippen molar-refractivity contribution < 1.29 is 18.3 Å². The smallest absolute Gasteiger partial charge is 0.274 e. The van der Waals surface area contributed by atoms with Crippen molar-refractivity contribution in [1.82, 2.24) is 19.6 Å². The van der Waals surface area contributed by atoms with E-state index in [1.54, 1.807) is 40.0 Å². The van der Waals surface area contributed by atoms with Crippen LogP contribution in [0.3, 0.4) is 0 Å². The van der Waals surface area contributed by atoms with Gasteiger partial charge in [-0.05, 0) is 42.8 Å². The van der Waals surface area contributed by atoms with E-state index >= 15 is 0 Å². The fraction of sp³-hybridized carbons (Fsp3) is 0.304. The molecule has 1 aliphatic heterocycles. The molecule has 9 heteroatoms. The van der Waals surface area contributed by atoms with Gasteiger partial charge in [0.05, 0.1) is 0 Å². The summed E-state index contributed by atoms with van der Waals surface area (Å²) in [5.74, 6) is -1.12. The Morgan fingerprint density at radius 1 is 1.12 bits per heavy atom. The minimum Gasteiger partial charge on any atom is -0.471 e. The molecule has 0 aliphatic carbocycles. The van der Waals surface area contributed by atoms with Gasteiger partial charge in [-0.2, -0.15) is 5.10 Å². The summed E-state index contributed by atoms with van der Waals surface area (Å²) in [5, 5.41) is 4.97. The molecule has 1 fully saturated rings. The number of piperazine rings is 1. The van der Waals surface area contributed by atoms with E-state index in [9.17, 15) is 13.6 Å². The fourth-order valence-corrected chi connectivity index (χ4v) is 3.87. The fourth-order valence-electron chi connectivity index (χ4n) is 3.64. The Morgan fingerprint density at radius 3 is 2.66 bits per heavy atom. The Balaban J connectivity index is 1.30. The van der Waals surface area contributed by atoms with Crippen LogP contribution in [0, 0.1) is 18.6 Å². The van der Waals surface area contributed by atoms with Crippen LogP contribution in [0.2, 0.25) is 5.02 Å². The second-order valence-corrected chi connectivity index (χ2v) is 8.14. The highest BCUT2D eigenvalue weighted by atomic mass is 35.5. The topological polar surface area (TPSA) is 50.6 Å². The average molecular weight is 461 g/mol. The zero-order valence-corrected chi connectivity index (χ0v) is 18.4. The predicted octanol–water partition coefficient (Wildman–Crippen LogP) is 4.12. The van der Waals surface area contributed by atoms with Gasteiger partial charge in [0.1, 0.15) is 5.75 Å². The molecule has 0 atom stereocenters.